The number of nitrogen functional groups attached to an aromatic ring is 1. The summed E-state index contributed by atoms with van der Waals surface area (Å²) in [5.41, 5.74) is 10.1. The quantitative estimate of drug-likeness (QED) is 0.526. The van der Waals surface area contributed by atoms with Crippen LogP contribution in [-0.4, -0.2) is 11.2 Å². The number of hydrogen-bond acceptors (Lipinski definition) is 6. The van der Waals surface area contributed by atoms with Crippen molar-refractivity contribution in [1.82, 2.24) is 4.98 Å². The van der Waals surface area contributed by atoms with Gasteiger partial charge in [0.05, 0.1) is 6.21 Å². The molecule has 0 aliphatic carbocycles. The molecule has 0 fully saturated rings. The van der Waals surface area contributed by atoms with Crippen LogP contribution >= 0.6 is 11.3 Å². The van der Waals surface area contributed by atoms with E-state index in [1.165, 1.54) is 17.4 Å². The van der Waals surface area contributed by atoms with Gasteiger partial charge in [-0.3, -0.25) is 5.43 Å². The second kappa shape index (κ2) is 7.56. The van der Waals surface area contributed by atoms with Gasteiger partial charge in [0.1, 0.15) is 12.4 Å². The van der Waals surface area contributed by atoms with Gasteiger partial charge in [0.15, 0.2) is 11.6 Å². The van der Waals surface area contributed by atoms with E-state index in [4.69, 9.17) is 10.5 Å². The highest BCUT2D eigenvalue weighted by atomic mass is 32.1. The Morgan fingerprint density at radius 3 is 2.79 bits per heavy atom. The number of hydrazone groups is 1. The molecule has 0 radical (unpaired) electrons. The van der Waals surface area contributed by atoms with Gasteiger partial charge in [0, 0.05) is 10.9 Å². The van der Waals surface area contributed by atoms with Crippen molar-refractivity contribution in [1.29, 1.82) is 0 Å². The minimum absolute atomic E-state index is 0.223. The number of rotatable bonds is 6. The summed E-state index contributed by atoms with van der Waals surface area (Å²) in [6.07, 6.45) is 1.66. The second-order valence-electron chi connectivity index (χ2n) is 4.87. The molecule has 122 valence electrons. The molecule has 0 atom stereocenters. The highest BCUT2D eigenvalue weighted by Crippen LogP contribution is 2.19. The molecule has 0 bridgehead atoms. The summed E-state index contributed by atoms with van der Waals surface area (Å²) in [6, 6.07) is 13.9. The first-order chi connectivity index (χ1) is 11.7. The van der Waals surface area contributed by atoms with Crippen molar-refractivity contribution in [2.24, 2.45) is 5.10 Å². The monoisotopic (exact) mass is 342 g/mol. The number of para-hydroxylation sites is 1. The molecule has 0 saturated carbocycles. The van der Waals surface area contributed by atoms with Gasteiger partial charge in [-0.2, -0.15) is 5.10 Å². The molecule has 3 aromatic rings. The van der Waals surface area contributed by atoms with Gasteiger partial charge in [-0.05, 0) is 17.7 Å². The number of nitrogens with one attached hydrogen (secondary N) is 1. The van der Waals surface area contributed by atoms with E-state index in [2.05, 4.69) is 15.5 Å². The Bertz CT molecular complexity index is 850. The number of thiazole rings is 1. The summed E-state index contributed by atoms with van der Waals surface area (Å²) in [4.78, 5) is 4.06. The number of anilines is 2. The first-order valence-electron chi connectivity index (χ1n) is 7.17. The third-order valence-electron chi connectivity index (χ3n) is 3.16. The Balaban J connectivity index is 1.67. The molecule has 0 unspecified atom stereocenters. The van der Waals surface area contributed by atoms with Crippen molar-refractivity contribution in [2.75, 3.05) is 11.2 Å². The molecule has 1 heterocycles. The zero-order valence-electron chi connectivity index (χ0n) is 12.6. The molecule has 0 aliphatic rings. The molecule has 5 nitrogen and oxygen atoms in total. The van der Waals surface area contributed by atoms with Crippen molar-refractivity contribution < 1.29 is 9.13 Å². The Hall–Kier alpha value is -2.93. The average Bonchev–Trinajstić information content (AvgIpc) is 3.00. The largest absolute Gasteiger partial charge is 0.486 e. The lowest BCUT2D eigenvalue weighted by molar-refractivity contribution is 0.290. The third-order valence-corrected chi connectivity index (χ3v) is 3.93. The van der Waals surface area contributed by atoms with Crippen molar-refractivity contribution >= 4 is 28.5 Å². The fourth-order valence-electron chi connectivity index (χ4n) is 2.00. The van der Waals surface area contributed by atoms with Gasteiger partial charge in [0.2, 0.25) is 5.13 Å². The maximum Gasteiger partial charge on any atom is 0.205 e. The minimum atomic E-state index is -0.383. The molecular formula is C17H15FN4OS. The number of ether oxygens (including phenoxy) is 1. The van der Waals surface area contributed by atoms with Crippen LogP contribution < -0.4 is 15.9 Å². The van der Waals surface area contributed by atoms with Crippen LogP contribution in [0, 0.1) is 5.82 Å². The van der Waals surface area contributed by atoms with Crippen LogP contribution in [0.1, 0.15) is 11.1 Å². The third kappa shape index (κ3) is 4.08. The number of nitrogens with two attached hydrogens (primary N) is 1. The van der Waals surface area contributed by atoms with E-state index in [9.17, 15) is 4.39 Å². The van der Waals surface area contributed by atoms with Crippen LogP contribution in [0.5, 0.6) is 5.75 Å². The Kier molecular flexibility index (Phi) is 5.02. The maximum absolute atomic E-state index is 13.6. The molecule has 0 amide bonds. The first-order valence-corrected chi connectivity index (χ1v) is 8.05. The van der Waals surface area contributed by atoms with E-state index >= 15 is 0 Å². The molecule has 0 aliphatic heterocycles. The van der Waals surface area contributed by atoms with Gasteiger partial charge in [-0.1, -0.05) is 36.4 Å². The molecule has 7 heteroatoms. The molecular weight excluding hydrogens is 327 g/mol. The van der Waals surface area contributed by atoms with Gasteiger partial charge in [0.25, 0.3) is 0 Å². The van der Waals surface area contributed by atoms with Crippen molar-refractivity contribution in [2.45, 2.75) is 6.61 Å². The topological polar surface area (TPSA) is 72.5 Å². The average molecular weight is 342 g/mol. The van der Waals surface area contributed by atoms with Crippen LogP contribution in [0.3, 0.4) is 0 Å². The number of benzene rings is 2. The molecule has 0 spiro atoms. The lowest BCUT2D eigenvalue weighted by atomic mass is 10.1. The van der Waals surface area contributed by atoms with Gasteiger partial charge >= 0.3 is 0 Å². The maximum atomic E-state index is 13.6. The number of nitrogens with zero attached hydrogens (tertiary/aromatic N) is 2. The summed E-state index contributed by atoms with van der Waals surface area (Å²) in [7, 11) is 0. The Morgan fingerprint density at radius 1 is 1.21 bits per heavy atom. The number of halogens is 1. The SMILES string of the molecule is Nc1csc(NN=Cc2ccccc2COc2ccccc2F)n1. The molecule has 3 rings (SSSR count). The van der Waals surface area contributed by atoms with Gasteiger partial charge < -0.3 is 10.5 Å². The Morgan fingerprint density at radius 2 is 2.00 bits per heavy atom. The Labute approximate surface area is 142 Å². The van der Waals surface area contributed by atoms with E-state index in [1.807, 2.05) is 24.3 Å². The van der Waals surface area contributed by atoms with Crippen molar-refractivity contribution in [3.63, 3.8) is 0 Å². The van der Waals surface area contributed by atoms with Crippen LogP contribution in [-0.2, 0) is 6.61 Å². The summed E-state index contributed by atoms with van der Waals surface area (Å²) in [5, 5.41) is 6.49. The first kappa shape index (κ1) is 15.9. The van der Waals surface area contributed by atoms with E-state index in [0.717, 1.165) is 11.1 Å². The minimum Gasteiger partial charge on any atom is -0.486 e. The number of aromatic nitrogens is 1. The predicted octanol–water partition coefficient (Wildman–Crippen LogP) is 3.89. The van der Waals surface area contributed by atoms with E-state index in [-0.39, 0.29) is 18.2 Å². The predicted molar refractivity (Wildman–Crippen MR) is 94.9 cm³/mol. The van der Waals surface area contributed by atoms with Gasteiger partial charge in [-0.15, -0.1) is 11.3 Å². The van der Waals surface area contributed by atoms with E-state index in [0.29, 0.717) is 10.9 Å². The van der Waals surface area contributed by atoms with Crippen LogP contribution in [0.2, 0.25) is 0 Å². The zero-order chi connectivity index (χ0) is 16.8. The smallest absolute Gasteiger partial charge is 0.205 e. The summed E-state index contributed by atoms with van der Waals surface area (Å²) in [6.45, 7) is 0.243. The van der Waals surface area contributed by atoms with E-state index in [1.54, 1.807) is 29.8 Å². The highest BCUT2D eigenvalue weighted by Gasteiger charge is 2.04. The standard InChI is InChI=1S/C17H15FN4OS/c18-14-7-3-4-8-15(14)23-10-13-6-2-1-5-12(13)9-20-22-17-21-16(19)11-24-17/h1-9,11H,10,19H2,(H,21,22). The summed E-state index contributed by atoms with van der Waals surface area (Å²) >= 11 is 1.37. The molecule has 2 aromatic carbocycles. The fourth-order valence-corrected chi connectivity index (χ4v) is 2.55. The number of hydrogen-bond donors (Lipinski definition) is 2. The molecule has 1 aromatic heterocycles. The summed E-state index contributed by atoms with van der Waals surface area (Å²) in [5.74, 6) is 0.295. The molecule has 0 saturated heterocycles. The normalized spacial score (nSPS) is 10.9. The highest BCUT2D eigenvalue weighted by molar-refractivity contribution is 7.14. The molecule has 3 N–H and O–H groups in total. The lowest BCUT2D eigenvalue weighted by Crippen LogP contribution is -2.01. The van der Waals surface area contributed by atoms with Crippen LogP contribution in [0.4, 0.5) is 15.3 Å². The second-order valence-corrected chi connectivity index (χ2v) is 5.72. The van der Waals surface area contributed by atoms with Crippen LogP contribution in [0.15, 0.2) is 59.0 Å². The fraction of sp³-hybridized carbons (Fsp3) is 0.0588. The van der Waals surface area contributed by atoms with Crippen molar-refractivity contribution in [3.05, 3.63) is 70.9 Å². The molecule has 24 heavy (non-hydrogen) atoms. The zero-order valence-corrected chi connectivity index (χ0v) is 13.5. The van der Waals surface area contributed by atoms with E-state index < -0.39 is 0 Å². The van der Waals surface area contributed by atoms with Gasteiger partial charge in [-0.25, -0.2) is 9.37 Å². The summed E-state index contributed by atoms with van der Waals surface area (Å²) < 4.78 is 19.2. The van der Waals surface area contributed by atoms with Crippen LogP contribution in [0.25, 0.3) is 0 Å². The van der Waals surface area contributed by atoms with Crippen molar-refractivity contribution in [3.8, 4) is 5.75 Å². The lowest BCUT2D eigenvalue weighted by Gasteiger charge is -2.09.